The summed E-state index contributed by atoms with van der Waals surface area (Å²) in [6, 6.07) is 12.2. The molecule has 1 aliphatic carbocycles. The van der Waals surface area contributed by atoms with Crippen molar-refractivity contribution in [3.05, 3.63) is 59.7 Å². The van der Waals surface area contributed by atoms with Crippen LogP contribution in [0.15, 0.2) is 53.4 Å². The number of nitrogens with one attached hydrogen (secondary N) is 3. The summed E-state index contributed by atoms with van der Waals surface area (Å²) in [5.74, 6) is 0.367. The van der Waals surface area contributed by atoms with Gasteiger partial charge in [0.15, 0.2) is 0 Å². The molecule has 0 radical (unpaired) electrons. The minimum absolute atomic E-state index is 0.0556. The second kappa shape index (κ2) is 10.3. The summed E-state index contributed by atoms with van der Waals surface area (Å²) in [6.07, 6.45) is 4.71. The van der Waals surface area contributed by atoms with Crippen LogP contribution in [0.25, 0.3) is 0 Å². The fraction of sp³-hybridized carbons (Fsp3) is 0.423. The Kier molecular flexibility index (Phi) is 7.35. The SMILES string of the molecule is CCC(C=O)(c1cccc(S(=O)(=O)NC(=O)NC2CCC(C)CC2)c1)N1CNC(=O)c2ccccc21. The van der Waals surface area contributed by atoms with E-state index in [4.69, 9.17) is 0 Å². The largest absolute Gasteiger partial charge is 0.337 e. The summed E-state index contributed by atoms with van der Waals surface area (Å²) in [4.78, 5) is 39.1. The highest BCUT2D eigenvalue weighted by Crippen LogP contribution is 2.38. The van der Waals surface area contributed by atoms with Crippen LogP contribution in [-0.4, -0.2) is 39.4 Å². The molecule has 1 heterocycles. The zero-order chi connectivity index (χ0) is 25.9. The molecule has 1 aliphatic heterocycles. The van der Waals surface area contributed by atoms with Gasteiger partial charge in [0.1, 0.15) is 11.8 Å². The Morgan fingerprint density at radius 2 is 1.86 bits per heavy atom. The van der Waals surface area contributed by atoms with Crippen molar-refractivity contribution in [1.82, 2.24) is 15.4 Å². The molecule has 0 bridgehead atoms. The van der Waals surface area contributed by atoms with E-state index < -0.39 is 21.6 Å². The molecule has 192 valence electrons. The minimum atomic E-state index is -4.19. The zero-order valence-corrected chi connectivity index (χ0v) is 21.3. The smallest absolute Gasteiger partial charge is 0.328 e. The average Bonchev–Trinajstić information content (AvgIpc) is 2.87. The molecule has 2 aliphatic rings. The molecular formula is C26H32N4O5S. The molecule has 1 unspecified atom stereocenters. The number of sulfonamides is 1. The summed E-state index contributed by atoms with van der Waals surface area (Å²) in [6.45, 7) is 4.07. The molecule has 2 aromatic rings. The minimum Gasteiger partial charge on any atom is -0.337 e. The lowest BCUT2D eigenvalue weighted by atomic mass is 9.85. The number of nitrogens with zero attached hydrogens (tertiary/aromatic N) is 1. The van der Waals surface area contributed by atoms with Gasteiger partial charge in [-0.15, -0.1) is 0 Å². The summed E-state index contributed by atoms with van der Waals surface area (Å²) >= 11 is 0. The van der Waals surface area contributed by atoms with Crippen molar-refractivity contribution in [2.45, 2.75) is 62.4 Å². The maximum Gasteiger partial charge on any atom is 0.328 e. The van der Waals surface area contributed by atoms with E-state index in [1.54, 1.807) is 41.3 Å². The summed E-state index contributed by atoms with van der Waals surface area (Å²) < 4.78 is 28.3. The number of benzene rings is 2. The van der Waals surface area contributed by atoms with Crippen molar-refractivity contribution >= 4 is 33.9 Å². The molecule has 1 saturated carbocycles. The molecule has 0 aromatic heterocycles. The number of rotatable bonds is 7. The van der Waals surface area contributed by atoms with Crippen LogP contribution in [0.5, 0.6) is 0 Å². The second-order valence-corrected chi connectivity index (χ2v) is 11.3. The third-order valence-corrected chi connectivity index (χ3v) is 8.60. The van der Waals surface area contributed by atoms with Crippen molar-refractivity contribution in [1.29, 1.82) is 0 Å². The van der Waals surface area contributed by atoms with Gasteiger partial charge in [-0.2, -0.15) is 0 Å². The lowest BCUT2D eigenvalue weighted by molar-refractivity contribution is -0.112. The quantitative estimate of drug-likeness (QED) is 0.489. The van der Waals surface area contributed by atoms with E-state index in [0.29, 0.717) is 29.2 Å². The zero-order valence-electron chi connectivity index (χ0n) is 20.5. The third kappa shape index (κ3) is 4.95. The number of urea groups is 1. The number of fused-ring (bicyclic) bond motifs is 1. The number of carbonyl (C=O) groups is 3. The summed E-state index contributed by atoms with van der Waals surface area (Å²) in [5, 5.41) is 5.55. The first-order valence-electron chi connectivity index (χ1n) is 12.2. The summed E-state index contributed by atoms with van der Waals surface area (Å²) in [5.41, 5.74) is 0.219. The van der Waals surface area contributed by atoms with Crippen LogP contribution in [0.2, 0.25) is 0 Å². The first-order chi connectivity index (χ1) is 17.2. The lowest BCUT2D eigenvalue weighted by Gasteiger charge is -2.44. The first-order valence-corrected chi connectivity index (χ1v) is 13.7. The number of anilines is 1. The molecule has 1 fully saturated rings. The molecule has 9 nitrogen and oxygen atoms in total. The number of hydrogen-bond donors (Lipinski definition) is 3. The van der Waals surface area contributed by atoms with Gasteiger partial charge in [0.2, 0.25) is 0 Å². The van der Waals surface area contributed by atoms with Crippen molar-refractivity contribution in [3.63, 3.8) is 0 Å². The second-order valence-electron chi connectivity index (χ2n) is 9.57. The molecule has 0 spiro atoms. The molecule has 4 rings (SSSR count). The molecule has 1 atom stereocenters. The van der Waals surface area contributed by atoms with Gasteiger partial charge in [-0.25, -0.2) is 17.9 Å². The number of carbonyl (C=O) groups excluding carboxylic acids is 3. The Bertz CT molecular complexity index is 1260. The standard InChI is InChI=1S/C26H32N4O5S/c1-3-26(16-31,30-17-27-24(32)22-9-4-5-10-23(22)30)19-7-6-8-21(15-19)36(34,35)29-25(33)28-20-13-11-18(2)12-14-20/h4-10,15-16,18,20H,3,11-14,17H2,1-2H3,(H,27,32)(H2,28,29,33). The normalized spacial score (nSPS) is 21.5. The van der Waals surface area contributed by atoms with Crippen molar-refractivity contribution in [3.8, 4) is 0 Å². The van der Waals surface area contributed by atoms with E-state index in [1.165, 1.54) is 12.1 Å². The maximum atomic E-state index is 13.1. The van der Waals surface area contributed by atoms with Gasteiger partial charge in [-0.05, 0) is 67.9 Å². The van der Waals surface area contributed by atoms with Crippen LogP contribution in [0.1, 0.15) is 61.9 Å². The van der Waals surface area contributed by atoms with Crippen LogP contribution in [-0.2, 0) is 20.4 Å². The number of amides is 3. The van der Waals surface area contributed by atoms with Crippen LogP contribution in [0, 0.1) is 5.92 Å². The van der Waals surface area contributed by atoms with Crippen LogP contribution in [0.4, 0.5) is 10.5 Å². The number of aldehydes is 1. The van der Waals surface area contributed by atoms with Crippen LogP contribution in [0.3, 0.4) is 0 Å². The molecule has 3 N–H and O–H groups in total. The van der Waals surface area contributed by atoms with Gasteiger partial charge in [-0.3, -0.25) is 4.79 Å². The van der Waals surface area contributed by atoms with E-state index >= 15 is 0 Å². The summed E-state index contributed by atoms with van der Waals surface area (Å²) in [7, 11) is -4.19. The van der Waals surface area contributed by atoms with Crippen molar-refractivity contribution in [2.24, 2.45) is 5.92 Å². The van der Waals surface area contributed by atoms with Crippen LogP contribution >= 0.6 is 0 Å². The Morgan fingerprint density at radius 3 is 2.56 bits per heavy atom. The van der Waals surface area contributed by atoms with E-state index in [9.17, 15) is 22.8 Å². The van der Waals surface area contributed by atoms with Gasteiger partial charge < -0.3 is 20.3 Å². The van der Waals surface area contributed by atoms with E-state index in [-0.39, 0.29) is 23.5 Å². The topological polar surface area (TPSA) is 125 Å². The number of hydrogen-bond acceptors (Lipinski definition) is 6. The van der Waals surface area contributed by atoms with E-state index in [2.05, 4.69) is 22.3 Å². The monoisotopic (exact) mass is 512 g/mol. The Labute approximate surface area is 211 Å². The van der Waals surface area contributed by atoms with Crippen molar-refractivity contribution in [2.75, 3.05) is 11.6 Å². The molecule has 2 aromatic carbocycles. The lowest BCUT2D eigenvalue weighted by Crippen LogP contribution is -2.55. The van der Waals surface area contributed by atoms with Gasteiger partial charge in [0.25, 0.3) is 15.9 Å². The van der Waals surface area contributed by atoms with Gasteiger partial charge in [0, 0.05) is 6.04 Å². The van der Waals surface area contributed by atoms with Crippen LogP contribution < -0.4 is 20.3 Å². The maximum absolute atomic E-state index is 13.1. The highest BCUT2D eigenvalue weighted by Gasteiger charge is 2.41. The Hall–Kier alpha value is -3.40. The number of para-hydroxylation sites is 1. The van der Waals surface area contributed by atoms with Gasteiger partial charge in [-0.1, -0.05) is 38.1 Å². The van der Waals surface area contributed by atoms with E-state index in [1.807, 2.05) is 6.92 Å². The predicted molar refractivity (Wildman–Crippen MR) is 136 cm³/mol. The van der Waals surface area contributed by atoms with Crippen molar-refractivity contribution < 1.29 is 22.8 Å². The molecule has 0 saturated heterocycles. The molecule has 10 heteroatoms. The molecule has 3 amide bonds. The van der Waals surface area contributed by atoms with Gasteiger partial charge >= 0.3 is 6.03 Å². The first kappa shape index (κ1) is 25.7. The average molecular weight is 513 g/mol. The fourth-order valence-electron chi connectivity index (χ4n) is 5.09. The van der Waals surface area contributed by atoms with Gasteiger partial charge in [0.05, 0.1) is 22.8 Å². The van der Waals surface area contributed by atoms with E-state index in [0.717, 1.165) is 32.0 Å². The molecular weight excluding hydrogens is 480 g/mol. The molecule has 36 heavy (non-hydrogen) atoms. The highest BCUT2D eigenvalue weighted by atomic mass is 32.2. The third-order valence-electron chi connectivity index (χ3n) is 7.28. The predicted octanol–water partition coefficient (Wildman–Crippen LogP) is 3.26. The Morgan fingerprint density at radius 1 is 1.14 bits per heavy atom. The Balaban J connectivity index is 1.61. The fourth-order valence-corrected chi connectivity index (χ4v) is 6.05. The highest BCUT2D eigenvalue weighted by molar-refractivity contribution is 7.90.